The van der Waals surface area contributed by atoms with Gasteiger partial charge in [0, 0.05) is 6.92 Å². The van der Waals surface area contributed by atoms with Crippen LogP contribution in [0.2, 0.25) is 0 Å². The molecule has 44 valence electrons. The van der Waals surface area contributed by atoms with Gasteiger partial charge < -0.3 is 9.84 Å². The minimum Gasteiger partial charge on any atom is -0.439 e. The van der Waals surface area contributed by atoms with Crippen molar-refractivity contribution in [3.05, 3.63) is 0 Å². The Morgan fingerprint density at radius 3 is 2.29 bits per heavy atom. The van der Waals surface area contributed by atoms with Crippen molar-refractivity contribution in [1.82, 2.24) is 0 Å². The molecule has 0 rings (SSSR count). The number of ether oxygens (including phenoxy) is 1. The third-order valence-electron chi connectivity index (χ3n) is 0.268. The van der Waals surface area contributed by atoms with Gasteiger partial charge in [-0.2, -0.15) is 0 Å². The summed E-state index contributed by atoms with van der Waals surface area (Å²) in [6.07, 6.45) is 0. The standard InChI is InChI=1S/C3H6O3.ClH/c1-3(5)6-2-4;/h4H,2H2,1H3;1H. The van der Waals surface area contributed by atoms with Crippen LogP contribution in [0.3, 0.4) is 0 Å². The molecule has 0 saturated heterocycles. The molecule has 0 aromatic rings. The third-order valence-corrected chi connectivity index (χ3v) is 0.268. The van der Waals surface area contributed by atoms with Gasteiger partial charge in [0.15, 0.2) is 6.79 Å². The van der Waals surface area contributed by atoms with Crippen molar-refractivity contribution in [2.75, 3.05) is 6.79 Å². The van der Waals surface area contributed by atoms with E-state index in [0.29, 0.717) is 0 Å². The number of carbonyl (C=O) groups is 1. The maximum atomic E-state index is 9.66. The highest BCUT2D eigenvalue weighted by molar-refractivity contribution is 5.85. The van der Waals surface area contributed by atoms with Gasteiger partial charge >= 0.3 is 5.97 Å². The van der Waals surface area contributed by atoms with Crippen LogP contribution in [0, 0.1) is 0 Å². The van der Waals surface area contributed by atoms with Crippen molar-refractivity contribution in [3.8, 4) is 0 Å². The minimum atomic E-state index is -0.519. The monoisotopic (exact) mass is 126 g/mol. The molecule has 0 unspecified atom stereocenters. The SMILES string of the molecule is CC(=O)OCO.Cl. The van der Waals surface area contributed by atoms with Crippen molar-refractivity contribution >= 4 is 18.4 Å². The zero-order valence-corrected chi connectivity index (χ0v) is 4.70. The fourth-order valence-corrected chi connectivity index (χ4v) is 0.0909. The average molecular weight is 127 g/mol. The maximum absolute atomic E-state index is 9.66. The number of halogens is 1. The lowest BCUT2D eigenvalue weighted by molar-refractivity contribution is -0.148. The molecule has 4 heteroatoms. The van der Waals surface area contributed by atoms with Crippen molar-refractivity contribution in [2.24, 2.45) is 0 Å². The highest BCUT2D eigenvalue weighted by atomic mass is 35.5. The number of rotatable bonds is 1. The van der Waals surface area contributed by atoms with E-state index < -0.39 is 12.8 Å². The van der Waals surface area contributed by atoms with Gasteiger partial charge in [-0.15, -0.1) is 12.4 Å². The summed E-state index contributed by atoms with van der Waals surface area (Å²) in [5, 5.41) is 7.79. The van der Waals surface area contributed by atoms with Gasteiger partial charge in [0.2, 0.25) is 0 Å². The molecule has 0 bridgehead atoms. The molecule has 0 fully saturated rings. The Labute approximate surface area is 47.7 Å². The first-order chi connectivity index (χ1) is 2.77. The van der Waals surface area contributed by atoms with Gasteiger partial charge in [0.25, 0.3) is 0 Å². The Kier molecular flexibility index (Phi) is 8.06. The Morgan fingerprint density at radius 1 is 1.86 bits per heavy atom. The van der Waals surface area contributed by atoms with E-state index in [-0.39, 0.29) is 12.4 Å². The summed E-state index contributed by atoms with van der Waals surface area (Å²) in [4.78, 5) is 9.66. The van der Waals surface area contributed by atoms with E-state index in [2.05, 4.69) is 4.74 Å². The number of aliphatic hydroxyl groups is 1. The molecular formula is C3H7ClO3. The molecule has 0 aliphatic carbocycles. The summed E-state index contributed by atoms with van der Waals surface area (Å²) in [6, 6.07) is 0. The molecule has 0 aromatic heterocycles. The molecule has 0 amide bonds. The van der Waals surface area contributed by atoms with Crippen LogP contribution in [0.1, 0.15) is 6.92 Å². The maximum Gasteiger partial charge on any atom is 0.304 e. The van der Waals surface area contributed by atoms with Crippen molar-refractivity contribution in [1.29, 1.82) is 0 Å². The first-order valence-corrected chi connectivity index (χ1v) is 1.51. The molecule has 0 heterocycles. The summed E-state index contributed by atoms with van der Waals surface area (Å²) in [5.41, 5.74) is 0. The Bertz CT molecular complexity index is 54.1. The lowest BCUT2D eigenvalue weighted by atomic mass is 10.8. The summed E-state index contributed by atoms with van der Waals surface area (Å²) in [7, 11) is 0. The summed E-state index contributed by atoms with van der Waals surface area (Å²) in [5.74, 6) is -0.461. The van der Waals surface area contributed by atoms with Crippen molar-refractivity contribution in [2.45, 2.75) is 6.92 Å². The number of hydrogen-bond donors (Lipinski definition) is 1. The molecule has 0 aliphatic heterocycles. The fourth-order valence-electron chi connectivity index (χ4n) is 0.0909. The molecule has 0 radical (unpaired) electrons. The normalized spacial score (nSPS) is 6.57. The Balaban J connectivity index is 0. The summed E-state index contributed by atoms with van der Waals surface area (Å²) < 4.78 is 3.96. The Hall–Kier alpha value is -0.280. The molecule has 7 heavy (non-hydrogen) atoms. The van der Waals surface area contributed by atoms with Gasteiger partial charge in [-0.05, 0) is 0 Å². The smallest absolute Gasteiger partial charge is 0.304 e. The van der Waals surface area contributed by atoms with Gasteiger partial charge in [-0.1, -0.05) is 0 Å². The zero-order chi connectivity index (χ0) is 4.99. The predicted molar refractivity (Wildman–Crippen MR) is 26.1 cm³/mol. The molecule has 0 aliphatic rings. The van der Waals surface area contributed by atoms with E-state index in [1.165, 1.54) is 6.92 Å². The second-order valence-corrected chi connectivity index (χ2v) is 0.765. The van der Waals surface area contributed by atoms with Gasteiger partial charge in [0.05, 0.1) is 0 Å². The van der Waals surface area contributed by atoms with E-state index in [1.807, 2.05) is 0 Å². The van der Waals surface area contributed by atoms with E-state index in [4.69, 9.17) is 5.11 Å². The molecular weight excluding hydrogens is 119 g/mol. The molecule has 0 aromatic carbocycles. The second-order valence-electron chi connectivity index (χ2n) is 0.765. The lowest BCUT2D eigenvalue weighted by Gasteiger charge is -1.88. The van der Waals surface area contributed by atoms with Crippen LogP contribution in [0.15, 0.2) is 0 Å². The second kappa shape index (κ2) is 5.72. The highest BCUT2D eigenvalue weighted by Crippen LogP contribution is 1.67. The largest absolute Gasteiger partial charge is 0.439 e. The van der Waals surface area contributed by atoms with Crippen LogP contribution in [0.5, 0.6) is 0 Å². The van der Waals surface area contributed by atoms with Crippen LogP contribution in [0.4, 0.5) is 0 Å². The number of aliphatic hydroxyl groups excluding tert-OH is 1. The lowest BCUT2D eigenvalue weighted by Crippen LogP contribution is -1.97. The summed E-state index contributed by atoms with van der Waals surface area (Å²) in [6.45, 7) is 0.714. The van der Waals surface area contributed by atoms with Crippen molar-refractivity contribution in [3.63, 3.8) is 0 Å². The van der Waals surface area contributed by atoms with Crippen LogP contribution < -0.4 is 0 Å². The Morgan fingerprint density at radius 2 is 2.29 bits per heavy atom. The molecule has 0 saturated carbocycles. The van der Waals surface area contributed by atoms with E-state index in [9.17, 15) is 4.79 Å². The van der Waals surface area contributed by atoms with Crippen LogP contribution in [-0.2, 0) is 9.53 Å². The molecule has 0 atom stereocenters. The predicted octanol–water partition coefficient (Wildman–Crippen LogP) is -0.0789. The van der Waals surface area contributed by atoms with Gasteiger partial charge in [-0.25, -0.2) is 0 Å². The van der Waals surface area contributed by atoms with Crippen molar-refractivity contribution < 1.29 is 14.6 Å². The molecule has 0 spiro atoms. The zero-order valence-electron chi connectivity index (χ0n) is 3.88. The topological polar surface area (TPSA) is 46.5 Å². The van der Waals surface area contributed by atoms with Gasteiger partial charge in [0.1, 0.15) is 0 Å². The van der Waals surface area contributed by atoms with Gasteiger partial charge in [-0.3, -0.25) is 4.79 Å². The fraction of sp³-hybridized carbons (Fsp3) is 0.667. The van der Waals surface area contributed by atoms with Crippen LogP contribution in [-0.4, -0.2) is 17.9 Å². The average Bonchev–Trinajstić information content (AvgIpc) is 1.35. The number of hydrogen-bond acceptors (Lipinski definition) is 3. The van der Waals surface area contributed by atoms with Crippen LogP contribution >= 0.6 is 12.4 Å². The number of carbonyl (C=O) groups excluding carboxylic acids is 1. The van der Waals surface area contributed by atoms with E-state index in [1.54, 1.807) is 0 Å². The molecule has 1 N–H and O–H groups in total. The molecule has 3 nitrogen and oxygen atoms in total. The minimum absolute atomic E-state index is 0. The quantitative estimate of drug-likeness (QED) is 0.395. The number of esters is 1. The highest BCUT2D eigenvalue weighted by Gasteiger charge is 1.82. The third kappa shape index (κ3) is 10.7. The first-order valence-electron chi connectivity index (χ1n) is 1.51. The van der Waals surface area contributed by atoms with E-state index >= 15 is 0 Å². The first kappa shape index (κ1) is 9.87. The summed E-state index contributed by atoms with van der Waals surface area (Å²) >= 11 is 0. The van der Waals surface area contributed by atoms with E-state index in [0.717, 1.165) is 0 Å². The van der Waals surface area contributed by atoms with Crippen LogP contribution in [0.25, 0.3) is 0 Å².